The molecular formula is C16H17N3OS. The summed E-state index contributed by atoms with van der Waals surface area (Å²) < 4.78 is 6.76. The molecule has 0 amide bonds. The van der Waals surface area contributed by atoms with E-state index in [0.717, 1.165) is 33.5 Å². The van der Waals surface area contributed by atoms with E-state index in [9.17, 15) is 0 Å². The average molecular weight is 299 g/mol. The second-order valence-electron chi connectivity index (χ2n) is 4.85. The first-order valence-electron chi connectivity index (χ1n) is 6.94. The number of rotatable bonds is 5. The SMILES string of the molecule is CCCOc1cncc(C(N)c2cnc3ccsc3c2)c1. The van der Waals surface area contributed by atoms with E-state index < -0.39 is 0 Å². The van der Waals surface area contributed by atoms with E-state index in [1.807, 2.05) is 23.7 Å². The van der Waals surface area contributed by atoms with Crippen LogP contribution in [0, 0.1) is 0 Å². The van der Waals surface area contributed by atoms with Crippen LogP contribution in [-0.2, 0) is 0 Å². The minimum Gasteiger partial charge on any atom is -0.492 e. The number of thiophene rings is 1. The van der Waals surface area contributed by atoms with Crippen LogP contribution in [0.5, 0.6) is 5.75 Å². The molecule has 0 aliphatic rings. The van der Waals surface area contributed by atoms with Crippen molar-refractivity contribution in [3.8, 4) is 5.75 Å². The molecule has 1 atom stereocenters. The smallest absolute Gasteiger partial charge is 0.137 e. The van der Waals surface area contributed by atoms with Crippen molar-refractivity contribution >= 4 is 21.6 Å². The predicted molar refractivity (Wildman–Crippen MR) is 85.7 cm³/mol. The van der Waals surface area contributed by atoms with Gasteiger partial charge in [0.05, 0.1) is 29.1 Å². The summed E-state index contributed by atoms with van der Waals surface area (Å²) in [4.78, 5) is 8.65. The molecule has 0 saturated carbocycles. The molecule has 0 radical (unpaired) electrons. The monoisotopic (exact) mass is 299 g/mol. The summed E-state index contributed by atoms with van der Waals surface area (Å²) in [6.07, 6.45) is 6.29. The summed E-state index contributed by atoms with van der Waals surface area (Å²) in [5.41, 5.74) is 9.27. The molecule has 4 nitrogen and oxygen atoms in total. The van der Waals surface area contributed by atoms with Crippen LogP contribution in [0.2, 0.25) is 0 Å². The highest BCUT2D eigenvalue weighted by Gasteiger charge is 2.12. The summed E-state index contributed by atoms with van der Waals surface area (Å²) in [5, 5.41) is 2.04. The fourth-order valence-corrected chi connectivity index (χ4v) is 2.92. The lowest BCUT2D eigenvalue weighted by molar-refractivity contribution is 0.315. The van der Waals surface area contributed by atoms with Crippen molar-refractivity contribution in [2.75, 3.05) is 6.61 Å². The van der Waals surface area contributed by atoms with Gasteiger partial charge in [-0.25, -0.2) is 0 Å². The van der Waals surface area contributed by atoms with E-state index in [2.05, 4.69) is 23.0 Å². The molecule has 21 heavy (non-hydrogen) atoms. The molecule has 0 saturated heterocycles. The standard InChI is InChI=1S/C16H17N3OS/c1-2-4-20-13-6-11(8-18-10-13)16(17)12-7-15-14(19-9-12)3-5-21-15/h3,5-10,16H,2,4,17H2,1H3. The molecule has 0 aromatic carbocycles. The van der Waals surface area contributed by atoms with Gasteiger partial charge >= 0.3 is 0 Å². The molecule has 0 spiro atoms. The number of hydrogen-bond donors (Lipinski definition) is 1. The lowest BCUT2D eigenvalue weighted by Gasteiger charge is -2.13. The summed E-state index contributed by atoms with van der Waals surface area (Å²) in [6, 6.07) is 5.81. The summed E-state index contributed by atoms with van der Waals surface area (Å²) >= 11 is 1.67. The van der Waals surface area contributed by atoms with Crippen molar-refractivity contribution in [1.29, 1.82) is 0 Å². The number of pyridine rings is 2. The Kier molecular flexibility index (Phi) is 4.13. The van der Waals surface area contributed by atoms with Gasteiger partial charge in [0.15, 0.2) is 0 Å². The first kappa shape index (κ1) is 14.0. The summed E-state index contributed by atoms with van der Waals surface area (Å²) in [6.45, 7) is 2.76. The van der Waals surface area contributed by atoms with Crippen LogP contribution in [0.15, 0.2) is 42.2 Å². The van der Waals surface area contributed by atoms with Gasteiger partial charge in [-0.3, -0.25) is 9.97 Å². The first-order chi connectivity index (χ1) is 10.3. The van der Waals surface area contributed by atoms with Gasteiger partial charge in [0, 0.05) is 12.4 Å². The molecule has 0 bridgehead atoms. The van der Waals surface area contributed by atoms with E-state index in [1.165, 1.54) is 0 Å². The second kappa shape index (κ2) is 6.20. The molecule has 3 aromatic rings. The number of fused-ring (bicyclic) bond motifs is 1. The van der Waals surface area contributed by atoms with Gasteiger partial charge in [-0.2, -0.15) is 0 Å². The van der Waals surface area contributed by atoms with Gasteiger partial charge in [-0.05, 0) is 41.1 Å². The molecule has 3 aromatic heterocycles. The van der Waals surface area contributed by atoms with Crippen LogP contribution in [0.1, 0.15) is 30.5 Å². The molecule has 5 heteroatoms. The minimum atomic E-state index is -0.248. The maximum absolute atomic E-state index is 6.34. The molecule has 0 aliphatic heterocycles. The zero-order valence-corrected chi connectivity index (χ0v) is 12.6. The number of hydrogen-bond acceptors (Lipinski definition) is 5. The van der Waals surface area contributed by atoms with Crippen molar-refractivity contribution in [3.05, 3.63) is 53.3 Å². The zero-order valence-electron chi connectivity index (χ0n) is 11.8. The number of ether oxygens (including phenoxy) is 1. The highest BCUT2D eigenvalue weighted by atomic mass is 32.1. The predicted octanol–water partition coefficient (Wildman–Crippen LogP) is 3.53. The highest BCUT2D eigenvalue weighted by molar-refractivity contribution is 7.17. The van der Waals surface area contributed by atoms with Gasteiger partial charge in [0.1, 0.15) is 5.75 Å². The Morgan fingerprint density at radius 2 is 2.10 bits per heavy atom. The lowest BCUT2D eigenvalue weighted by Crippen LogP contribution is -2.12. The Hall–Kier alpha value is -1.98. The third-order valence-corrected chi connectivity index (χ3v) is 4.10. The second-order valence-corrected chi connectivity index (χ2v) is 5.80. The Balaban J connectivity index is 1.88. The van der Waals surface area contributed by atoms with Crippen molar-refractivity contribution in [2.24, 2.45) is 5.73 Å². The topological polar surface area (TPSA) is 61.0 Å². The van der Waals surface area contributed by atoms with Crippen LogP contribution >= 0.6 is 11.3 Å². The van der Waals surface area contributed by atoms with Crippen molar-refractivity contribution in [1.82, 2.24) is 9.97 Å². The van der Waals surface area contributed by atoms with Crippen LogP contribution in [0.3, 0.4) is 0 Å². The molecule has 1 unspecified atom stereocenters. The fourth-order valence-electron chi connectivity index (χ4n) is 2.13. The number of nitrogens with zero attached hydrogens (tertiary/aromatic N) is 2. The summed E-state index contributed by atoms with van der Waals surface area (Å²) in [5.74, 6) is 0.759. The third-order valence-electron chi connectivity index (χ3n) is 3.25. The highest BCUT2D eigenvalue weighted by Crippen LogP contribution is 2.26. The van der Waals surface area contributed by atoms with Gasteiger partial charge in [0.25, 0.3) is 0 Å². The van der Waals surface area contributed by atoms with E-state index in [0.29, 0.717) is 6.61 Å². The van der Waals surface area contributed by atoms with E-state index in [1.54, 1.807) is 23.7 Å². The van der Waals surface area contributed by atoms with Crippen molar-refractivity contribution in [2.45, 2.75) is 19.4 Å². The molecule has 108 valence electrons. The average Bonchev–Trinajstić information content (AvgIpc) is 3.00. The summed E-state index contributed by atoms with van der Waals surface area (Å²) in [7, 11) is 0. The van der Waals surface area contributed by atoms with E-state index in [4.69, 9.17) is 10.5 Å². The largest absolute Gasteiger partial charge is 0.492 e. The van der Waals surface area contributed by atoms with Crippen LogP contribution in [0.25, 0.3) is 10.2 Å². The van der Waals surface area contributed by atoms with Crippen LogP contribution < -0.4 is 10.5 Å². The molecule has 3 rings (SSSR count). The normalized spacial score (nSPS) is 12.5. The van der Waals surface area contributed by atoms with Crippen LogP contribution in [-0.4, -0.2) is 16.6 Å². The Morgan fingerprint density at radius 3 is 2.95 bits per heavy atom. The molecule has 2 N–H and O–H groups in total. The number of aromatic nitrogens is 2. The first-order valence-corrected chi connectivity index (χ1v) is 7.82. The molecule has 0 aliphatic carbocycles. The molecule has 3 heterocycles. The van der Waals surface area contributed by atoms with Gasteiger partial charge in [0.2, 0.25) is 0 Å². The third kappa shape index (κ3) is 3.04. The Labute approximate surface area is 127 Å². The maximum atomic E-state index is 6.34. The molecule has 0 fully saturated rings. The van der Waals surface area contributed by atoms with Crippen LogP contribution in [0.4, 0.5) is 0 Å². The van der Waals surface area contributed by atoms with Gasteiger partial charge in [-0.1, -0.05) is 6.92 Å². The van der Waals surface area contributed by atoms with Gasteiger partial charge in [-0.15, -0.1) is 11.3 Å². The number of nitrogens with two attached hydrogens (primary N) is 1. The van der Waals surface area contributed by atoms with Crippen molar-refractivity contribution in [3.63, 3.8) is 0 Å². The minimum absolute atomic E-state index is 0.248. The quantitative estimate of drug-likeness (QED) is 0.783. The zero-order chi connectivity index (χ0) is 14.7. The van der Waals surface area contributed by atoms with E-state index >= 15 is 0 Å². The fraction of sp³-hybridized carbons (Fsp3) is 0.250. The molecular weight excluding hydrogens is 282 g/mol. The van der Waals surface area contributed by atoms with E-state index in [-0.39, 0.29) is 6.04 Å². The maximum Gasteiger partial charge on any atom is 0.137 e. The Bertz CT molecular complexity index is 741. The lowest BCUT2D eigenvalue weighted by atomic mass is 10.0. The van der Waals surface area contributed by atoms with Crippen molar-refractivity contribution < 1.29 is 4.74 Å². The Morgan fingerprint density at radius 1 is 1.24 bits per heavy atom. The van der Waals surface area contributed by atoms with Gasteiger partial charge < -0.3 is 10.5 Å².